The van der Waals surface area contributed by atoms with Gasteiger partial charge in [0, 0.05) is 18.1 Å². The van der Waals surface area contributed by atoms with Crippen molar-refractivity contribution in [1.29, 1.82) is 0 Å². The van der Waals surface area contributed by atoms with Gasteiger partial charge in [-0.15, -0.1) is 0 Å². The summed E-state index contributed by atoms with van der Waals surface area (Å²) in [7, 11) is -7.74. The van der Waals surface area contributed by atoms with Crippen LogP contribution in [0.3, 0.4) is 0 Å². The summed E-state index contributed by atoms with van der Waals surface area (Å²) in [5.74, 6) is 0. The Morgan fingerprint density at radius 2 is 1.61 bits per heavy atom. The minimum Gasteiger partial charge on any atom is -0.280 e. The van der Waals surface area contributed by atoms with Gasteiger partial charge in [0.25, 0.3) is 10.0 Å². The van der Waals surface area contributed by atoms with Crippen LogP contribution in [0.15, 0.2) is 52.8 Å². The molecule has 0 bridgehead atoms. The summed E-state index contributed by atoms with van der Waals surface area (Å²) in [6, 6.07) is 10.7. The van der Waals surface area contributed by atoms with Crippen molar-refractivity contribution in [3.8, 4) is 0 Å². The predicted molar refractivity (Wildman–Crippen MR) is 115 cm³/mol. The largest absolute Gasteiger partial charge is 0.280 e. The van der Waals surface area contributed by atoms with Gasteiger partial charge in [0.15, 0.2) is 0 Å². The highest BCUT2D eigenvalue weighted by atomic mass is 35.5. The van der Waals surface area contributed by atoms with E-state index in [2.05, 4.69) is 4.72 Å². The lowest BCUT2D eigenvalue weighted by molar-refractivity contribution is 0.445. The van der Waals surface area contributed by atoms with E-state index in [1.54, 1.807) is 38.1 Å². The number of rotatable bonds is 8. The number of anilines is 1. The first-order valence-electron chi connectivity index (χ1n) is 8.36. The van der Waals surface area contributed by atoms with Gasteiger partial charge < -0.3 is 0 Å². The molecule has 0 heterocycles. The lowest BCUT2D eigenvalue weighted by Crippen LogP contribution is -2.30. The molecule has 0 atom stereocenters. The molecule has 0 fully saturated rings. The maximum atomic E-state index is 12.7. The Kier molecular flexibility index (Phi) is 7.52. The zero-order valence-electron chi connectivity index (χ0n) is 15.3. The number of sulfonamides is 2. The highest BCUT2D eigenvalue weighted by Crippen LogP contribution is 2.28. The number of benzene rings is 2. The van der Waals surface area contributed by atoms with Crippen LogP contribution in [-0.4, -0.2) is 34.2 Å². The van der Waals surface area contributed by atoms with Crippen LogP contribution in [0.5, 0.6) is 0 Å². The Morgan fingerprint density at radius 3 is 2.21 bits per heavy atom. The van der Waals surface area contributed by atoms with Crippen molar-refractivity contribution in [2.24, 2.45) is 0 Å². The number of nitrogens with zero attached hydrogens (tertiary/aromatic N) is 1. The van der Waals surface area contributed by atoms with Crippen molar-refractivity contribution in [1.82, 2.24) is 4.31 Å². The lowest BCUT2D eigenvalue weighted by atomic mass is 10.2. The smallest absolute Gasteiger partial charge is 0.255 e. The van der Waals surface area contributed by atoms with Gasteiger partial charge in [-0.25, -0.2) is 16.8 Å². The van der Waals surface area contributed by atoms with E-state index in [0.29, 0.717) is 10.6 Å². The average molecular weight is 463 g/mol. The van der Waals surface area contributed by atoms with E-state index in [1.165, 1.54) is 28.6 Å². The Balaban J connectivity index is 2.33. The maximum absolute atomic E-state index is 12.7. The van der Waals surface area contributed by atoms with Gasteiger partial charge in [0.2, 0.25) is 10.0 Å². The second-order valence-corrected chi connectivity index (χ2v) is 9.99. The van der Waals surface area contributed by atoms with Crippen molar-refractivity contribution in [3.63, 3.8) is 0 Å². The molecule has 152 valence electrons. The van der Waals surface area contributed by atoms with E-state index in [9.17, 15) is 16.8 Å². The fourth-order valence-corrected chi connectivity index (χ4v) is 5.45. The molecule has 0 radical (unpaired) electrons. The molecule has 2 aromatic rings. The Morgan fingerprint density at radius 1 is 0.964 bits per heavy atom. The molecule has 0 saturated heterocycles. The van der Waals surface area contributed by atoms with Gasteiger partial charge in [-0.3, -0.25) is 4.72 Å². The van der Waals surface area contributed by atoms with Gasteiger partial charge in [-0.05, 0) is 35.9 Å². The molecular weight excluding hydrogens is 443 g/mol. The zero-order valence-corrected chi connectivity index (χ0v) is 18.4. The monoisotopic (exact) mass is 462 g/mol. The minimum absolute atomic E-state index is 0.0152. The van der Waals surface area contributed by atoms with E-state index in [0.717, 1.165) is 5.41 Å². The summed E-state index contributed by atoms with van der Waals surface area (Å²) in [6.45, 7) is 3.96. The Labute approximate surface area is 175 Å². The van der Waals surface area contributed by atoms with Crippen LogP contribution >= 0.6 is 23.2 Å². The molecule has 0 saturated carbocycles. The van der Waals surface area contributed by atoms with E-state index in [1.807, 2.05) is 0 Å². The first kappa shape index (κ1) is 22.7. The molecule has 0 spiro atoms. The van der Waals surface area contributed by atoms with E-state index >= 15 is 0 Å². The normalized spacial score (nSPS) is 12.6. The molecule has 2 rings (SSSR count). The van der Waals surface area contributed by atoms with E-state index < -0.39 is 20.0 Å². The quantitative estimate of drug-likeness (QED) is 0.628. The van der Waals surface area contributed by atoms with E-state index in [-0.39, 0.29) is 28.7 Å². The molecular formula is C18H20Cl2N2O4S2. The van der Waals surface area contributed by atoms with Crippen LogP contribution in [0.1, 0.15) is 19.4 Å². The molecule has 28 heavy (non-hydrogen) atoms. The standard InChI is InChI=1S/C18H20Cl2N2O4S2/c1-3-22(4-2)28(25,26)18-13-15(9-10-17(18)20)21-27(23,24)12-11-14-7-5-6-8-16(14)19/h5-13,21H,3-4H2,1-2H3. The SMILES string of the molecule is CCN(CC)S(=O)(=O)c1cc(NS(=O)(=O)C=Cc2ccccc2Cl)ccc1Cl. The third-order valence-electron chi connectivity index (χ3n) is 3.85. The third kappa shape index (κ3) is 5.48. The average Bonchev–Trinajstić information content (AvgIpc) is 2.63. The van der Waals surface area contributed by atoms with Gasteiger partial charge in [0.05, 0.1) is 16.1 Å². The highest BCUT2D eigenvalue weighted by Gasteiger charge is 2.25. The van der Waals surface area contributed by atoms with Crippen LogP contribution in [-0.2, 0) is 20.0 Å². The van der Waals surface area contributed by atoms with Gasteiger partial charge in [0.1, 0.15) is 4.90 Å². The van der Waals surface area contributed by atoms with Crippen molar-refractivity contribution in [2.75, 3.05) is 17.8 Å². The topological polar surface area (TPSA) is 83.6 Å². The first-order valence-corrected chi connectivity index (χ1v) is 12.1. The fourth-order valence-electron chi connectivity index (χ4n) is 2.44. The van der Waals surface area contributed by atoms with Crippen molar-refractivity contribution >= 4 is 55.0 Å². The molecule has 0 aliphatic rings. The van der Waals surface area contributed by atoms with Crippen LogP contribution in [0.4, 0.5) is 5.69 Å². The molecule has 2 aromatic carbocycles. The van der Waals surface area contributed by atoms with Crippen molar-refractivity contribution < 1.29 is 16.8 Å². The summed E-state index contributed by atoms with van der Waals surface area (Å²) in [5.41, 5.74) is 0.620. The van der Waals surface area contributed by atoms with Crippen LogP contribution < -0.4 is 4.72 Å². The Hall–Kier alpha value is -1.58. The molecule has 0 unspecified atom stereocenters. The summed E-state index contributed by atoms with van der Waals surface area (Å²) in [6.07, 6.45) is 1.36. The second-order valence-electron chi connectivity index (χ2n) is 5.71. The number of halogens is 2. The van der Waals surface area contributed by atoms with Crippen LogP contribution in [0, 0.1) is 0 Å². The van der Waals surface area contributed by atoms with Gasteiger partial charge in [-0.1, -0.05) is 55.2 Å². The molecule has 0 aliphatic heterocycles. The number of nitrogens with one attached hydrogen (secondary N) is 1. The zero-order chi connectivity index (χ0) is 20.9. The molecule has 0 aliphatic carbocycles. The van der Waals surface area contributed by atoms with Crippen LogP contribution in [0.2, 0.25) is 10.0 Å². The van der Waals surface area contributed by atoms with E-state index in [4.69, 9.17) is 23.2 Å². The molecule has 1 N–H and O–H groups in total. The third-order valence-corrected chi connectivity index (χ3v) is 7.74. The molecule has 6 nitrogen and oxygen atoms in total. The summed E-state index contributed by atoms with van der Waals surface area (Å²) >= 11 is 12.1. The molecule has 0 aromatic heterocycles. The number of hydrogen-bond acceptors (Lipinski definition) is 4. The fraction of sp³-hybridized carbons (Fsp3) is 0.222. The summed E-state index contributed by atoms with van der Waals surface area (Å²) in [4.78, 5) is -0.159. The maximum Gasteiger partial charge on any atom is 0.255 e. The van der Waals surface area contributed by atoms with Crippen molar-refractivity contribution in [2.45, 2.75) is 18.7 Å². The molecule has 10 heteroatoms. The first-order chi connectivity index (χ1) is 13.1. The predicted octanol–water partition coefficient (Wildman–Crippen LogP) is 4.44. The lowest BCUT2D eigenvalue weighted by Gasteiger charge is -2.19. The minimum atomic E-state index is -3.90. The number of hydrogen-bond donors (Lipinski definition) is 1. The van der Waals surface area contributed by atoms with Gasteiger partial charge in [-0.2, -0.15) is 4.31 Å². The second kappa shape index (κ2) is 9.28. The highest BCUT2D eigenvalue weighted by molar-refractivity contribution is 7.95. The Bertz CT molecular complexity index is 1080. The molecule has 0 amide bonds. The summed E-state index contributed by atoms with van der Waals surface area (Å²) < 4.78 is 53.7. The van der Waals surface area contributed by atoms with Crippen LogP contribution in [0.25, 0.3) is 6.08 Å². The van der Waals surface area contributed by atoms with Gasteiger partial charge >= 0.3 is 0 Å². The van der Waals surface area contributed by atoms with Crippen molar-refractivity contribution in [3.05, 3.63) is 63.5 Å². The summed E-state index contributed by atoms with van der Waals surface area (Å²) in [5, 5.41) is 1.39.